The zero-order valence-corrected chi connectivity index (χ0v) is 13.9. The summed E-state index contributed by atoms with van der Waals surface area (Å²) < 4.78 is 27.3. The SMILES string of the molecule is O=S(=O)(c1ccccc1)N(CCc1ccccc1)Cc1nc[nH]n1. The largest absolute Gasteiger partial charge is 0.266 e. The summed E-state index contributed by atoms with van der Waals surface area (Å²) in [5, 5.41) is 6.59. The van der Waals surface area contributed by atoms with Crippen LogP contribution in [-0.2, 0) is 23.0 Å². The van der Waals surface area contributed by atoms with Crippen LogP contribution in [0.4, 0.5) is 0 Å². The van der Waals surface area contributed by atoms with Crippen LogP contribution in [0, 0.1) is 0 Å². The van der Waals surface area contributed by atoms with Crippen molar-refractivity contribution in [1.82, 2.24) is 19.5 Å². The van der Waals surface area contributed by atoms with E-state index in [0.29, 0.717) is 18.8 Å². The Hall–Kier alpha value is -2.51. The molecule has 0 saturated heterocycles. The zero-order chi connectivity index (χ0) is 16.8. The Morgan fingerprint density at radius 3 is 2.25 bits per heavy atom. The molecule has 1 N–H and O–H groups in total. The molecule has 24 heavy (non-hydrogen) atoms. The number of rotatable bonds is 7. The smallest absolute Gasteiger partial charge is 0.243 e. The van der Waals surface area contributed by atoms with E-state index in [0.717, 1.165) is 5.56 Å². The highest BCUT2D eigenvalue weighted by Gasteiger charge is 2.25. The Balaban J connectivity index is 1.84. The van der Waals surface area contributed by atoms with Gasteiger partial charge in [0.15, 0.2) is 5.82 Å². The van der Waals surface area contributed by atoms with E-state index in [9.17, 15) is 8.42 Å². The molecule has 124 valence electrons. The Kier molecular flexibility index (Phi) is 5.02. The molecule has 0 radical (unpaired) electrons. The van der Waals surface area contributed by atoms with Gasteiger partial charge >= 0.3 is 0 Å². The molecule has 0 aliphatic carbocycles. The molecule has 0 spiro atoms. The number of benzene rings is 2. The normalized spacial score (nSPS) is 11.7. The van der Waals surface area contributed by atoms with Gasteiger partial charge in [0.25, 0.3) is 0 Å². The third kappa shape index (κ3) is 3.87. The minimum absolute atomic E-state index is 0.133. The first-order valence-electron chi connectivity index (χ1n) is 7.60. The minimum Gasteiger partial charge on any atom is -0.266 e. The van der Waals surface area contributed by atoms with Crippen LogP contribution < -0.4 is 0 Å². The molecule has 0 atom stereocenters. The van der Waals surface area contributed by atoms with Gasteiger partial charge in [-0.2, -0.15) is 9.40 Å². The Morgan fingerprint density at radius 1 is 0.958 bits per heavy atom. The molecule has 0 aliphatic heterocycles. The van der Waals surface area contributed by atoms with Crippen molar-refractivity contribution < 1.29 is 8.42 Å². The summed E-state index contributed by atoms with van der Waals surface area (Å²) in [4.78, 5) is 4.32. The number of hydrogen-bond donors (Lipinski definition) is 1. The second-order valence-corrected chi connectivity index (χ2v) is 7.24. The van der Waals surface area contributed by atoms with E-state index in [1.165, 1.54) is 10.6 Å². The highest BCUT2D eigenvalue weighted by atomic mass is 32.2. The van der Waals surface area contributed by atoms with Crippen LogP contribution in [0.1, 0.15) is 11.4 Å². The summed E-state index contributed by atoms with van der Waals surface area (Å²) in [5.41, 5.74) is 1.08. The number of aromatic nitrogens is 3. The maximum absolute atomic E-state index is 12.9. The van der Waals surface area contributed by atoms with E-state index in [4.69, 9.17) is 0 Å². The highest BCUT2D eigenvalue weighted by molar-refractivity contribution is 7.89. The lowest BCUT2D eigenvalue weighted by Gasteiger charge is -2.21. The van der Waals surface area contributed by atoms with E-state index in [1.54, 1.807) is 30.3 Å². The molecule has 1 heterocycles. The molecular weight excluding hydrogens is 324 g/mol. The Labute approximate surface area is 141 Å². The van der Waals surface area contributed by atoms with Crippen LogP contribution in [0.5, 0.6) is 0 Å². The van der Waals surface area contributed by atoms with Gasteiger partial charge in [-0.05, 0) is 24.1 Å². The Morgan fingerprint density at radius 2 is 1.62 bits per heavy atom. The van der Waals surface area contributed by atoms with Gasteiger partial charge < -0.3 is 0 Å². The van der Waals surface area contributed by atoms with Gasteiger partial charge in [0.05, 0.1) is 11.4 Å². The molecule has 7 heteroatoms. The van der Waals surface area contributed by atoms with Crippen LogP contribution >= 0.6 is 0 Å². The monoisotopic (exact) mass is 342 g/mol. The van der Waals surface area contributed by atoms with Gasteiger partial charge in [-0.1, -0.05) is 48.5 Å². The molecule has 0 fully saturated rings. The van der Waals surface area contributed by atoms with Crippen molar-refractivity contribution in [3.63, 3.8) is 0 Å². The van der Waals surface area contributed by atoms with Gasteiger partial charge in [0.1, 0.15) is 6.33 Å². The van der Waals surface area contributed by atoms with Gasteiger partial charge in [-0.25, -0.2) is 13.4 Å². The lowest BCUT2D eigenvalue weighted by molar-refractivity contribution is 0.401. The number of aromatic amines is 1. The fourth-order valence-corrected chi connectivity index (χ4v) is 3.81. The second kappa shape index (κ2) is 7.37. The average Bonchev–Trinajstić information content (AvgIpc) is 3.13. The highest BCUT2D eigenvalue weighted by Crippen LogP contribution is 2.17. The molecule has 6 nitrogen and oxygen atoms in total. The minimum atomic E-state index is -3.61. The molecule has 0 bridgehead atoms. The lowest BCUT2D eigenvalue weighted by atomic mass is 10.1. The van der Waals surface area contributed by atoms with Crippen molar-refractivity contribution in [3.05, 3.63) is 78.4 Å². The van der Waals surface area contributed by atoms with Gasteiger partial charge in [0.2, 0.25) is 10.0 Å². The van der Waals surface area contributed by atoms with E-state index in [1.807, 2.05) is 30.3 Å². The van der Waals surface area contributed by atoms with Crippen LogP contribution in [0.25, 0.3) is 0 Å². The fourth-order valence-electron chi connectivity index (χ4n) is 2.39. The summed E-state index contributed by atoms with van der Waals surface area (Å²) in [6.07, 6.45) is 2.07. The van der Waals surface area contributed by atoms with Crippen LogP contribution in [0.3, 0.4) is 0 Å². The maximum Gasteiger partial charge on any atom is 0.243 e. The predicted molar refractivity (Wildman–Crippen MR) is 90.6 cm³/mol. The standard InChI is InChI=1S/C17H18N4O2S/c22-24(23,16-9-5-2-6-10-16)21(13-17-18-14-19-20-17)12-11-15-7-3-1-4-8-15/h1-10,14H,11-13H2,(H,18,19,20). The van der Waals surface area contributed by atoms with Crippen LogP contribution in [0.15, 0.2) is 71.9 Å². The van der Waals surface area contributed by atoms with Crippen LogP contribution in [0.2, 0.25) is 0 Å². The number of nitrogens with zero attached hydrogens (tertiary/aromatic N) is 3. The molecule has 3 aromatic rings. The first kappa shape index (κ1) is 16.4. The third-order valence-electron chi connectivity index (χ3n) is 3.66. The molecule has 0 unspecified atom stereocenters. The fraction of sp³-hybridized carbons (Fsp3) is 0.176. The van der Waals surface area contributed by atoms with Gasteiger partial charge in [-0.15, -0.1) is 0 Å². The number of nitrogens with one attached hydrogen (secondary N) is 1. The van der Waals surface area contributed by atoms with E-state index in [2.05, 4.69) is 15.2 Å². The summed E-state index contributed by atoms with van der Waals surface area (Å²) >= 11 is 0. The molecule has 0 amide bonds. The van der Waals surface area contributed by atoms with Crippen molar-refractivity contribution in [2.75, 3.05) is 6.54 Å². The zero-order valence-electron chi connectivity index (χ0n) is 13.0. The van der Waals surface area contributed by atoms with Gasteiger partial charge in [-0.3, -0.25) is 5.10 Å². The molecule has 0 aliphatic rings. The quantitative estimate of drug-likeness (QED) is 0.714. The van der Waals surface area contributed by atoms with Crippen molar-refractivity contribution in [2.24, 2.45) is 0 Å². The van der Waals surface area contributed by atoms with Crippen molar-refractivity contribution in [3.8, 4) is 0 Å². The Bertz CT molecular complexity index is 850. The van der Waals surface area contributed by atoms with Crippen molar-refractivity contribution in [2.45, 2.75) is 17.9 Å². The number of H-pyrrole nitrogens is 1. The van der Waals surface area contributed by atoms with Crippen molar-refractivity contribution >= 4 is 10.0 Å². The molecule has 3 rings (SSSR count). The van der Waals surface area contributed by atoms with E-state index >= 15 is 0 Å². The third-order valence-corrected chi connectivity index (χ3v) is 5.52. The predicted octanol–water partition coefficient (Wildman–Crippen LogP) is 2.24. The number of hydrogen-bond acceptors (Lipinski definition) is 4. The first-order valence-corrected chi connectivity index (χ1v) is 9.04. The molecule has 1 aromatic heterocycles. The van der Waals surface area contributed by atoms with E-state index in [-0.39, 0.29) is 11.4 Å². The summed E-state index contributed by atoms with van der Waals surface area (Å²) in [7, 11) is -3.61. The van der Waals surface area contributed by atoms with Gasteiger partial charge in [0, 0.05) is 6.54 Å². The second-order valence-electron chi connectivity index (χ2n) is 5.30. The molecular formula is C17H18N4O2S. The summed E-state index contributed by atoms with van der Waals surface area (Å²) in [6.45, 7) is 0.489. The first-order chi connectivity index (χ1) is 11.7. The van der Waals surface area contributed by atoms with Crippen LogP contribution in [-0.4, -0.2) is 34.4 Å². The summed E-state index contributed by atoms with van der Waals surface area (Å²) in [5.74, 6) is 0.447. The lowest BCUT2D eigenvalue weighted by Crippen LogP contribution is -2.33. The van der Waals surface area contributed by atoms with Crippen molar-refractivity contribution in [1.29, 1.82) is 0 Å². The molecule has 2 aromatic carbocycles. The summed E-state index contributed by atoms with van der Waals surface area (Å²) in [6, 6.07) is 18.2. The average molecular weight is 342 g/mol. The topological polar surface area (TPSA) is 79.0 Å². The molecule has 0 saturated carbocycles. The number of sulfonamides is 1. The maximum atomic E-state index is 12.9. The van der Waals surface area contributed by atoms with E-state index < -0.39 is 10.0 Å².